The van der Waals surface area contributed by atoms with Crippen LogP contribution in [0, 0.1) is 34.5 Å². The van der Waals surface area contributed by atoms with Crippen LogP contribution in [0.3, 0.4) is 0 Å². The van der Waals surface area contributed by atoms with Gasteiger partial charge in [-0.2, -0.15) is 0 Å². The molecular formula is C20H32O2. The number of aliphatic hydroxyl groups is 2. The van der Waals surface area contributed by atoms with E-state index in [0.29, 0.717) is 11.3 Å². The molecule has 0 aromatic carbocycles. The minimum Gasteiger partial charge on any atom is -0.393 e. The van der Waals surface area contributed by atoms with Gasteiger partial charge in [0.25, 0.3) is 0 Å². The van der Waals surface area contributed by atoms with Crippen LogP contribution in [0.25, 0.3) is 0 Å². The van der Waals surface area contributed by atoms with E-state index in [1.165, 1.54) is 25.7 Å². The zero-order valence-electron chi connectivity index (χ0n) is 14.2. The maximum Gasteiger partial charge on any atom is 0.0804 e. The van der Waals surface area contributed by atoms with Crippen LogP contribution in [-0.2, 0) is 0 Å². The SMILES string of the molecule is C=C1C[C@H]2[C@@H]3CC[C@H]4C[C@@H](O)CC[C@]4(C)[C@H]3CC[C@]2(C)[C@H]1O. The highest BCUT2D eigenvalue weighted by Gasteiger charge is 2.60. The molecule has 0 bridgehead atoms. The second-order valence-electron chi connectivity index (χ2n) is 9.39. The molecule has 4 aliphatic carbocycles. The van der Waals surface area contributed by atoms with Gasteiger partial charge in [-0.1, -0.05) is 20.4 Å². The van der Waals surface area contributed by atoms with E-state index in [0.717, 1.165) is 49.0 Å². The Labute approximate surface area is 135 Å². The summed E-state index contributed by atoms with van der Waals surface area (Å²) in [5.74, 6) is 2.92. The lowest BCUT2D eigenvalue weighted by atomic mass is 9.45. The summed E-state index contributed by atoms with van der Waals surface area (Å²) in [7, 11) is 0. The summed E-state index contributed by atoms with van der Waals surface area (Å²) < 4.78 is 0. The monoisotopic (exact) mass is 304 g/mol. The molecule has 124 valence electrons. The van der Waals surface area contributed by atoms with Gasteiger partial charge in [0.1, 0.15) is 0 Å². The summed E-state index contributed by atoms with van der Waals surface area (Å²) in [5, 5.41) is 20.7. The molecule has 0 spiro atoms. The molecule has 0 radical (unpaired) electrons. The summed E-state index contributed by atoms with van der Waals surface area (Å²) in [6.45, 7) is 9.00. The lowest BCUT2D eigenvalue weighted by Crippen LogP contribution is -2.54. The highest BCUT2D eigenvalue weighted by molar-refractivity contribution is 5.22. The Morgan fingerprint density at radius 1 is 0.955 bits per heavy atom. The van der Waals surface area contributed by atoms with E-state index in [1.54, 1.807) is 0 Å². The maximum atomic E-state index is 10.6. The van der Waals surface area contributed by atoms with Crippen molar-refractivity contribution in [2.24, 2.45) is 34.5 Å². The first-order valence-electron chi connectivity index (χ1n) is 9.40. The molecule has 2 nitrogen and oxygen atoms in total. The molecule has 0 unspecified atom stereocenters. The van der Waals surface area contributed by atoms with Gasteiger partial charge in [0.15, 0.2) is 0 Å². The quantitative estimate of drug-likeness (QED) is 0.666. The standard InChI is InChI=1S/C20H32O2/c1-12-10-17-15-5-4-13-11-14(21)6-8-19(13,2)16(15)7-9-20(17,3)18(12)22/h13-18,21-22H,1,4-11H2,2-3H3/t13-,14-,15+,16-,17-,18-,19-,20-/m0/s1. The number of hydrogen-bond acceptors (Lipinski definition) is 2. The predicted molar refractivity (Wildman–Crippen MR) is 88.3 cm³/mol. The van der Waals surface area contributed by atoms with E-state index in [4.69, 9.17) is 0 Å². The predicted octanol–water partition coefficient (Wildman–Crippen LogP) is 3.92. The van der Waals surface area contributed by atoms with Gasteiger partial charge in [0, 0.05) is 5.41 Å². The van der Waals surface area contributed by atoms with Crippen molar-refractivity contribution in [2.45, 2.75) is 77.4 Å². The van der Waals surface area contributed by atoms with Crippen molar-refractivity contribution >= 4 is 0 Å². The third kappa shape index (κ3) is 1.86. The molecule has 4 rings (SSSR count). The van der Waals surface area contributed by atoms with Gasteiger partial charge in [-0.05, 0) is 86.0 Å². The molecule has 0 saturated heterocycles. The molecule has 8 atom stereocenters. The van der Waals surface area contributed by atoms with Crippen LogP contribution in [0.5, 0.6) is 0 Å². The minimum atomic E-state index is -0.280. The smallest absolute Gasteiger partial charge is 0.0804 e. The van der Waals surface area contributed by atoms with Gasteiger partial charge >= 0.3 is 0 Å². The van der Waals surface area contributed by atoms with Crippen LogP contribution >= 0.6 is 0 Å². The van der Waals surface area contributed by atoms with E-state index in [1.807, 2.05) is 0 Å². The highest BCUT2D eigenvalue weighted by Crippen LogP contribution is 2.66. The maximum absolute atomic E-state index is 10.6. The molecular weight excluding hydrogens is 272 g/mol. The zero-order valence-corrected chi connectivity index (χ0v) is 14.2. The zero-order chi connectivity index (χ0) is 15.7. The number of rotatable bonds is 0. The molecule has 0 aliphatic heterocycles. The average molecular weight is 304 g/mol. The van der Waals surface area contributed by atoms with Crippen molar-refractivity contribution < 1.29 is 10.2 Å². The van der Waals surface area contributed by atoms with Gasteiger partial charge in [-0.3, -0.25) is 0 Å². The fraction of sp³-hybridized carbons (Fsp3) is 0.900. The van der Waals surface area contributed by atoms with Gasteiger partial charge in [0.2, 0.25) is 0 Å². The summed E-state index contributed by atoms with van der Waals surface area (Å²) in [4.78, 5) is 0. The normalized spacial score (nSPS) is 57.9. The van der Waals surface area contributed by atoms with Crippen molar-refractivity contribution in [2.75, 3.05) is 0 Å². The second-order valence-corrected chi connectivity index (χ2v) is 9.39. The molecule has 0 aromatic heterocycles. The largest absolute Gasteiger partial charge is 0.393 e. The van der Waals surface area contributed by atoms with Crippen molar-refractivity contribution in [3.63, 3.8) is 0 Å². The van der Waals surface area contributed by atoms with E-state index >= 15 is 0 Å². The number of aliphatic hydroxyl groups excluding tert-OH is 2. The molecule has 22 heavy (non-hydrogen) atoms. The summed E-state index contributed by atoms with van der Waals surface area (Å²) >= 11 is 0. The van der Waals surface area contributed by atoms with Crippen molar-refractivity contribution in [1.29, 1.82) is 0 Å². The van der Waals surface area contributed by atoms with E-state index < -0.39 is 0 Å². The Hall–Kier alpha value is -0.340. The first-order valence-corrected chi connectivity index (χ1v) is 9.40. The molecule has 2 heteroatoms. The highest BCUT2D eigenvalue weighted by atomic mass is 16.3. The molecule has 4 aliphatic rings. The first-order chi connectivity index (χ1) is 10.4. The van der Waals surface area contributed by atoms with Crippen molar-refractivity contribution in [1.82, 2.24) is 0 Å². The Bertz CT molecular complexity index is 486. The minimum absolute atomic E-state index is 0.0587. The Balaban J connectivity index is 1.64. The number of hydrogen-bond donors (Lipinski definition) is 2. The lowest BCUT2D eigenvalue weighted by molar-refractivity contribution is -0.133. The molecule has 4 saturated carbocycles. The van der Waals surface area contributed by atoms with E-state index in [9.17, 15) is 10.2 Å². The molecule has 0 aromatic rings. The lowest BCUT2D eigenvalue weighted by Gasteiger charge is -2.60. The summed E-state index contributed by atoms with van der Waals surface area (Å²) in [5.41, 5.74) is 1.59. The Morgan fingerprint density at radius 3 is 2.45 bits per heavy atom. The van der Waals surface area contributed by atoms with Gasteiger partial charge in [-0.25, -0.2) is 0 Å². The van der Waals surface area contributed by atoms with Gasteiger partial charge in [-0.15, -0.1) is 0 Å². The molecule has 0 heterocycles. The molecule has 4 fully saturated rings. The van der Waals surface area contributed by atoms with Gasteiger partial charge in [0.05, 0.1) is 12.2 Å². The van der Waals surface area contributed by atoms with Crippen molar-refractivity contribution in [3.8, 4) is 0 Å². The molecule has 0 amide bonds. The van der Waals surface area contributed by atoms with Crippen LogP contribution in [-0.4, -0.2) is 22.4 Å². The Kier molecular flexibility index (Phi) is 3.34. The topological polar surface area (TPSA) is 40.5 Å². The van der Waals surface area contributed by atoms with Crippen LogP contribution < -0.4 is 0 Å². The number of fused-ring (bicyclic) bond motifs is 5. The van der Waals surface area contributed by atoms with Crippen LogP contribution in [0.1, 0.15) is 65.2 Å². The Morgan fingerprint density at radius 2 is 1.68 bits per heavy atom. The third-order valence-electron chi connectivity index (χ3n) is 8.57. The van der Waals surface area contributed by atoms with Gasteiger partial charge < -0.3 is 10.2 Å². The van der Waals surface area contributed by atoms with E-state index in [-0.39, 0.29) is 17.6 Å². The van der Waals surface area contributed by atoms with E-state index in [2.05, 4.69) is 20.4 Å². The van der Waals surface area contributed by atoms with Crippen molar-refractivity contribution in [3.05, 3.63) is 12.2 Å². The van der Waals surface area contributed by atoms with Crippen LogP contribution in [0.2, 0.25) is 0 Å². The van der Waals surface area contributed by atoms with Crippen LogP contribution in [0.15, 0.2) is 12.2 Å². The van der Waals surface area contributed by atoms with Crippen LogP contribution in [0.4, 0.5) is 0 Å². The fourth-order valence-corrected chi connectivity index (χ4v) is 7.17. The first kappa shape index (κ1) is 15.2. The third-order valence-corrected chi connectivity index (χ3v) is 8.57. The fourth-order valence-electron chi connectivity index (χ4n) is 7.17. The summed E-state index contributed by atoms with van der Waals surface area (Å²) in [6.07, 6.45) is 8.94. The average Bonchev–Trinajstić information content (AvgIpc) is 2.72. The molecule has 2 N–H and O–H groups in total. The second kappa shape index (κ2) is 4.83. The summed E-state index contributed by atoms with van der Waals surface area (Å²) in [6, 6.07) is 0.